The molecule has 0 bridgehead atoms. The summed E-state index contributed by atoms with van der Waals surface area (Å²) in [5.74, 6) is -0.259. The number of ether oxygens (including phenoxy) is 1. The van der Waals surface area contributed by atoms with Crippen LogP contribution in [0.25, 0.3) is 0 Å². The zero-order valence-electron chi connectivity index (χ0n) is 11.8. The second-order valence-corrected chi connectivity index (χ2v) is 5.98. The van der Waals surface area contributed by atoms with Crippen LogP contribution < -0.4 is 0 Å². The summed E-state index contributed by atoms with van der Waals surface area (Å²) in [6.07, 6.45) is 6.91. The average molecular weight is 276 g/mol. The highest BCUT2D eigenvalue weighted by molar-refractivity contribution is 5.70. The van der Waals surface area contributed by atoms with Gasteiger partial charge < -0.3 is 9.84 Å². The molecule has 1 aliphatic heterocycles. The fourth-order valence-corrected chi connectivity index (χ4v) is 3.08. The van der Waals surface area contributed by atoms with Gasteiger partial charge in [-0.3, -0.25) is 4.79 Å². The molecule has 0 aromatic carbocycles. The lowest BCUT2D eigenvalue weighted by molar-refractivity contribution is -0.142. The SMILES string of the molecule is CC1(c2ncc3c(n2)CCC(C(=O)O)C3)CCCCO1. The molecular weight excluding hydrogens is 256 g/mol. The number of fused-ring (bicyclic) bond motifs is 1. The molecule has 0 amide bonds. The van der Waals surface area contributed by atoms with Crippen LogP contribution in [0.15, 0.2) is 6.20 Å². The molecule has 2 atom stereocenters. The quantitative estimate of drug-likeness (QED) is 0.895. The van der Waals surface area contributed by atoms with Gasteiger partial charge in [0.2, 0.25) is 0 Å². The minimum atomic E-state index is -0.720. The van der Waals surface area contributed by atoms with E-state index < -0.39 is 5.97 Å². The van der Waals surface area contributed by atoms with Crippen molar-refractivity contribution >= 4 is 5.97 Å². The van der Waals surface area contributed by atoms with Crippen LogP contribution in [0.5, 0.6) is 0 Å². The van der Waals surface area contributed by atoms with Gasteiger partial charge in [-0.25, -0.2) is 9.97 Å². The molecule has 0 radical (unpaired) electrons. The molecule has 20 heavy (non-hydrogen) atoms. The third-order valence-electron chi connectivity index (χ3n) is 4.44. The number of hydrogen-bond acceptors (Lipinski definition) is 4. The van der Waals surface area contributed by atoms with Crippen molar-refractivity contribution in [2.45, 2.75) is 51.0 Å². The van der Waals surface area contributed by atoms with E-state index in [0.717, 1.165) is 49.4 Å². The van der Waals surface area contributed by atoms with E-state index in [2.05, 4.69) is 16.9 Å². The molecule has 0 saturated carbocycles. The number of carboxylic acid groups (broad SMARTS) is 1. The van der Waals surface area contributed by atoms with Crippen molar-refractivity contribution in [3.63, 3.8) is 0 Å². The van der Waals surface area contributed by atoms with E-state index in [1.54, 1.807) is 6.20 Å². The topological polar surface area (TPSA) is 72.3 Å². The molecule has 2 aliphatic rings. The number of rotatable bonds is 2. The molecule has 0 spiro atoms. The van der Waals surface area contributed by atoms with Crippen molar-refractivity contribution in [2.24, 2.45) is 5.92 Å². The third kappa shape index (κ3) is 2.42. The Bertz CT molecular complexity index is 524. The van der Waals surface area contributed by atoms with Crippen LogP contribution in [0.4, 0.5) is 0 Å². The minimum absolute atomic E-state index is 0.293. The predicted molar refractivity (Wildman–Crippen MR) is 72.3 cm³/mol. The highest BCUT2D eigenvalue weighted by Crippen LogP contribution is 2.33. The molecule has 5 heteroatoms. The molecule has 1 aromatic rings. The number of aromatic nitrogens is 2. The number of aryl methyl sites for hydroxylation is 1. The molecule has 1 aromatic heterocycles. The first-order valence-corrected chi connectivity index (χ1v) is 7.30. The molecule has 1 saturated heterocycles. The van der Waals surface area contributed by atoms with Crippen LogP contribution in [-0.4, -0.2) is 27.7 Å². The molecule has 1 aliphatic carbocycles. The molecule has 108 valence electrons. The molecule has 1 fully saturated rings. The maximum absolute atomic E-state index is 11.1. The summed E-state index contributed by atoms with van der Waals surface area (Å²) in [6.45, 7) is 2.81. The standard InChI is InChI=1S/C15H20N2O3/c1-15(6-2-3-7-20-15)14-16-9-11-8-10(13(18)19)4-5-12(11)17-14/h9-10H,2-8H2,1H3,(H,18,19). The minimum Gasteiger partial charge on any atom is -0.481 e. The van der Waals surface area contributed by atoms with Gasteiger partial charge in [0.1, 0.15) is 5.60 Å². The van der Waals surface area contributed by atoms with Crippen LogP contribution in [0, 0.1) is 5.92 Å². The van der Waals surface area contributed by atoms with Crippen LogP contribution in [0.3, 0.4) is 0 Å². The van der Waals surface area contributed by atoms with E-state index in [-0.39, 0.29) is 11.5 Å². The summed E-state index contributed by atoms with van der Waals surface area (Å²) in [6, 6.07) is 0. The largest absolute Gasteiger partial charge is 0.481 e. The maximum atomic E-state index is 11.1. The zero-order chi connectivity index (χ0) is 14.2. The van der Waals surface area contributed by atoms with Gasteiger partial charge >= 0.3 is 5.97 Å². The Morgan fingerprint density at radius 3 is 3.05 bits per heavy atom. The van der Waals surface area contributed by atoms with E-state index >= 15 is 0 Å². The fraction of sp³-hybridized carbons (Fsp3) is 0.667. The highest BCUT2D eigenvalue weighted by Gasteiger charge is 2.34. The molecule has 3 rings (SSSR count). The Morgan fingerprint density at radius 2 is 2.35 bits per heavy atom. The lowest BCUT2D eigenvalue weighted by Gasteiger charge is -2.33. The van der Waals surface area contributed by atoms with E-state index in [4.69, 9.17) is 9.84 Å². The van der Waals surface area contributed by atoms with Crippen molar-refractivity contribution in [1.82, 2.24) is 9.97 Å². The lowest BCUT2D eigenvalue weighted by atomic mass is 9.87. The van der Waals surface area contributed by atoms with Gasteiger partial charge in [-0.1, -0.05) is 0 Å². The van der Waals surface area contributed by atoms with Gasteiger partial charge in [-0.05, 0) is 51.0 Å². The average Bonchev–Trinajstić information content (AvgIpc) is 2.47. The van der Waals surface area contributed by atoms with Gasteiger partial charge in [0.05, 0.1) is 5.92 Å². The van der Waals surface area contributed by atoms with Crippen molar-refractivity contribution in [2.75, 3.05) is 6.61 Å². The lowest BCUT2D eigenvalue weighted by Crippen LogP contribution is -2.33. The zero-order valence-corrected chi connectivity index (χ0v) is 11.8. The second kappa shape index (κ2) is 5.13. The van der Waals surface area contributed by atoms with Crippen molar-refractivity contribution in [1.29, 1.82) is 0 Å². The third-order valence-corrected chi connectivity index (χ3v) is 4.44. The number of nitrogens with zero attached hydrogens (tertiary/aromatic N) is 2. The normalized spacial score (nSPS) is 29.8. The van der Waals surface area contributed by atoms with Gasteiger partial charge in [-0.2, -0.15) is 0 Å². The Morgan fingerprint density at radius 1 is 1.50 bits per heavy atom. The van der Waals surface area contributed by atoms with Crippen molar-refractivity contribution in [3.05, 3.63) is 23.3 Å². The maximum Gasteiger partial charge on any atom is 0.306 e. The number of aliphatic carboxylic acids is 1. The monoisotopic (exact) mass is 276 g/mol. The highest BCUT2D eigenvalue weighted by atomic mass is 16.5. The van der Waals surface area contributed by atoms with Gasteiger partial charge in [-0.15, -0.1) is 0 Å². The Balaban J connectivity index is 1.85. The smallest absolute Gasteiger partial charge is 0.306 e. The first-order chi connectivity index (χ1) is 9.58. The van der Waals surface area contributed by atoms with Crippen LogP contribution in [-0.2, 0) is 28.0 Å². The van der Waals surface area contributed by atoms with Crippen LogP contribution in [0.1, 0.15) is 49.7 Å². The first kappa shape index (κ1) is 13.5. The summed E-state index contributed by atoms with van der Waals surface area (Å²) in [5, 5.41) is 9.10. The molecule has 1 N–H and O–H groups in total. The second-order valence-electron chi connectivity index (χ2n) is 5.98. The number of carbonyl (C=O) groups is 1. The molecular formula is C15H20N2O3. The van der Waals surface area contributed by atoms with E-state index in [0.29, 0.717) is 12.8 Å². The van der Waals surface area contributed by atoms with Gasteiger partial charge in [0.15, 0.2) is 5.82 Å². The number of carboxylic acids is 1. The van der Waals surface area contributed by atoms with Crippen LogP contribution in [0.2, 0.25) is 0 Å². The molecule has 2 heterocycles. The summed E-state index contributed by atoms with van der Waals surface area (Å²) < 4.78 is 5.88. The van der Waals surface area contributed by atoms with Gasteiger partial charge in [0.25, 0.3) is 0 Å². The van der Waals surface area contributed by atoms with Crippen LogP contribution >= 0.6 is 0 Å². The van der Waals surface area contributed by atoms with E-state index in [1.165, 1.54) is 0 Å². The summed E-state index contributed by atoms with van der Waals surface area (Å²) in [7, 11) is 0. The van der Waals surface area contributed by atoms with Crippen molar-refractivity contribution in [3.8, 4) is 0 Å². The number of hydrogen-bond donors (Lipinski definition) is 1. The van der Waals surface area contributed by atoms with E-state index in [9.17, 15) is 4.79 Å². The van der Waals surface area contributed by atoms with Crippen molar-refractivity contribution < 1.29 is 14.6 Å². The Hall–Kier alpha value is -1.49. The molecule has 5 nitrogen and oxygen atoms in total. The van der Waals surface area contributed by atoms with Gasteiger partial charge in [0, 0.05) is 18.5 Å². The Kier molecular flexibility index (Phi) is 3.46. The summed E-state index contributed by atoms with van der Waals surface area (Å²) >= 11 is 0. The summed E-state index contributed by atoms with van der Waals surface area (Å²) in [4.78, 5) is 20.2. The summed E-state index contributed by atoms with van der Waals surface area (Å²) in [5.41, 5.74) is 1.60. The fourth-order valence-electron chi connectivity index (χ4n) is 3.08. The predicted octanol–water partition coefficient (Wildman–Crippen LogP) is 2.08. The molecule has 2 unspecified atom stereocenters. The first-order valence-electron chi connectivity index (χ1n) is 7.30. The van der Waals surface area contributed by atoms with E-state index in [1.807, 2.05) is 0 Å². The Labute approximate surface area is 118 Å².